The van der Waals surface area contributed by atoms with Crippen LogP contribution in [0.5, 0.6) is 0 Å². The largest absolute Gasteiger partial charge is 0.375 e. The van der Waals surface area contributed by atoms with Crippen molar-refractivity contribution in [2.45, 2.75) is 44.0 Å². The van der Waals surface area contributed by atoms with E-state index in [1.807, 2.05) is 25.1 Å². The lowest BCUT2D eigenvalue weighted by atomic mass is 9.79. The van der Waals surface area contributed by atoms with E-state index in [2.05, 4.69) is 4.98 Å². The van der Waals surface area contributed by atoms with Gasteiger partial charge in [0.05, 0.1) is 24.7 Å². The molecule has 1 aliphatic carbocycles. The summed E-state index contributed by atoms with van der Waals surface area (Å²) in [7, 11) is -3.17. The zero-order valence-electron chi connectivity index (χ0n) is 15.2. The van der Waals surface area contributed by atoms with E-state index in [1.54, 1.807) is 4.90 Å². The number of ether oxygens (including phenoxy) is 1. The zero-order chi connectivity index (χ0) is 18.4. The van der Waals surface area contributed by atoms with Gasteiger partial charge < -0.3 is 9.64 Å². The minimum atomic E-state index is -3.17. The fraction of sp³-hybridized carbons (Fsp3) is 0.684. The maximum Gasteiger partial charge on any atom is 0.225 e. The number of hydrogen-bond donors (Lipinski definition) is 0. The number of aryl methyl sites for hydroxylation is 1. The SMILES string of the molecule is Cc1cccc(COCC2CCS(=O)(=O)C23CN(C(=O)C2CCC2)C3)n1. The highest BCUT2D eigenvalue weighted by molar-refractivity contribution is 7.93. The van der Waals surface area contributed by atoms with Crippen LogP contribution in [0.15, 0.2) is 18.2 Å². The Morgan fingerprint density at radius 2 is 2.08 bits per heavy atom. The van der Waals surface area contributed by atoms with Gasteiger partial charge in [0.1, 0.15) is 4.75 Å². The van der Waals surface area contributed by atoms with Crippen molar-refractivity contribution < 1.29 is 17.9 Å². The van der Waals surface area contributed by atoms with Gasteiger partial charge >= 0.3 is 0 Å². The van der Waals surface area contributed by atoms with E-state index in [-0.39, 0.29) is 23.5 Å². The molecule has 6 nitrogen and oxygen atoms in total. The molecule has 0 aromatic carbocycles. The molecule has 3 aliphatic rings. The van der Waals surface area contributed by atoms with Crippen LogP contribution < -0.4 is 0 Å². The second-order valence-electron chi connectivity index (χ2n) is 7.98. The highest BCUT2D eigenvalue weighted by atomic mass is 32.2. The average Bonchev–Trinajstić information content (AvgIpc) is 2.75. The molecule has 4 rings (SSSR count). The molecular weight excluding hydrogens is 352 g/mol. The molecule has 7 heteroatoms. The normalized spacial score (nSPS) is 26.5. The lowest BCUT2D eigenvalue weighted by Gasteiger charge is -2.51. The maximum absolute atomic E-state index is 12.7. The Balaban J connectivity index is 1.37. The molecule has 1 aromatic rings. The van der Waals surface area contributed by atoms with Crippen molar-refractivity contribution in [2.75, 3.05) is 25.4 Å². The minimum absolute atomic E-state index is 0.0391. The van der Waals surface area contributed by atoms with Gasteiger partial charge in [-0.3, -0.25) is 9.78 Å². The third kappa shape index (κ3) is 2.95. The zero-order valence-corrected chi connectivity index (χ0v) is 16.0. The molecule has 1 unspecified atom stereocenters. The van der Waals surface area contributed by atoms with Crippen LogP contribution in [-0.2, 0) is 26.0 Å². The number of likely N-dealkylation sites (tertiary alicyclic amines) is 1. The molecule has 1 aromatic heterocycles. The molecule has 0 radical (unpaired) electrons. The number of amides is 1. The molecule has 26 heavy (non-hydrogen) atoms. The molecule has 0 N–H and O–H groups in total. The van der Waals surface area contributed by atoms with Gasteiger partial charge in [0.2, 0.25) is 5.91 Å². The minimum Gasteiger partial charge on any atom is -0.375 e. The van der Waals surface area contributed by atoms with E-state index >= 15 is 0 Å². The summed E-state index contributed by atoms with van der Waals surface area (Å²) in [6.45, 7) is 3.42. The Labute approximate surface area is 154 Å². The smallest absolute Gasteiger partial charge is 0.225 e. The first-order valence-corrected chi connectivity index (χ1v) is 11.1. The summed E-state index contributed by atoms with van der Waals surface area (Å²) in [6.07, 6.45) is 3.63. The van der Waals surface area contributed by atoms with Crippen LogP contribution in [0.3, 0.4) is 0 Å². The number of carbonyl (C=O) groups excluding carboxylic acids is 1. The van der Waals surface area contributed by atoms with Gasteiger partial charge in [-0.2, -0.15) is 0 Å². The molecule has 1 spiro atoms. The van der Waals surface area contributed by atoms with E-state index in [9.17, 15) is 13.2 Å². The Morgan fingerprint density at radius 1 is 1.31 bits per heavy atom. The summed E-state index contributed by atoms with van der Waals surface area (Å²) in [5.41, 5.74) is 1.80. The molecule has 2 saturated heterocycles. The molecule has 3 fully saturated rings. The first-order chi connectivity index (χ1) is 12.4. The number of rotatable bonds is 5. The summed E-state index contributed by atoms with van der Waals surface area (Å²) in [5, 5.41) is 0. The molecule has 3 heterocycles. The molecule has 2 aliphatic heterocycles. The fourth-order valence-electron chi connectivity index (χ4n) is 4.36. The quantitative estimate of drug-likeness (QED) is 0.780. The second-order valence-corrected chi connectivity index (χ2v) is 10.4. The van der Waals surface area contributed by atoms with Gasteiger partial charge in [0.15, 0.2) is 9.84 Å². The van der Waals surface area contributed by atoms with Gasteiger partial charge in [-0.05, 0) is 38.3 Å². The van der Waals surface area contributed by atoms with Crippen molar-refractivity contribution in [2.24, 2.45) is 11.8 Å². The Kier molecular flexibility index (Phi) is 4.55. The van der Waals surface area contributed by atoms with Crippen molar-refractivity contribution >= 4 is 15.7 Å². The third-order valence-electron chi connectivity index (χ3n) is 6.30. The topological polar surface area (TPSA) is 76.6 Å². The van der Waals surface area contributed by atoms with Crippen molar-refractivity contribution in [3.05, 3.63) is 29.6 Å². The van der Waals surface area contributed by atoms with E-state index in [1.165, 1.54) is 0 Å². The van der Waals surface area contributed by atoms with E-state index < -0.39 is 14.6 Å². The number of carbonyl (C=O) groups is 1. The average molecular weight is 378 g/mol. The Bertz CT molecular complexity index is 798. The van der Waals surface area contributed by atoms with Gasteiger partial charge in [-0.1, -0.05) is 12.5 Å². The summed E-state index contributed by atoms with van der Waals surface area (Å²) in [4.78, 5) is 18.6. The van der Waals surface area contributed by atoms with E-state index in [0.717, 1.165) is 30.7 Å². The summed E-state index contributed by atoms with van der Waals surface area (Å²) < 4.78 is 30.4. The Hall–Kier alpha value is -1.47. The standard InChI is InChI=1S/C19H26N2O4S/c1-14-4-2-7-17(20-14)11-25-10-16-8-9-26(23,24)19(16)12-21(13-19)18(22)15-5-3-6-15/h2,4,7,15-16H,3,5-6,8-13H2,1H3. The number of nitrogens with zero attached hydrogens (tertiary/aromatic N) is 2. The van der Waals surface area contributed by atoms with Crippen LogP contribution in [0.4, 0.5) is 0 Å². The van der Waals surface area contributed by atoms with Gasteiger partial charge in [0, 0.05) is 30.6 Å². The van der Waals surface area contributed by atoms with Crippen molar-refractivity contribution in [1.82, 2.24) is 9.88 Å². The molecular formula is C19H26N2O4S. The van der Waals surface area contributed by atoms with Crippen LogP contribution in [-0.4, -0.2) is 54.4 Å². The van der Waals surface area contributed by atoms with Crippen molar-refractivity contribution in [1.29, 1.82) is 0 Å². The lowest BCUT2D eigenvalue weighted by molar-refractivity contribution is -0.145. The second kappa shape index (κ2) is 6.60. The molecule has 1 amide bonds. The molecule has 0 bridgehead atoms. The fourth-order valence-corrected chi connectivity index (χ4v) is 6.76. The summed E-state index contributed by atoms with van der Waals surface area (Å²) >= 11 is 0. The first kappa shape index (κ1) is 17.9. The van der Waals surface area contributed by atoms with Crippen LogP contribution in [0.1, 0.15) is 37.1 Å². The van der Waals surface area contributed by atoms with Crippen LogP contribution in [0.2, 0.25) is 0 Å². The van der Waals surface area contributed by atoms with Crippen LogP contribution in [0.25, 0.3) is 0 Å². The molecule has 1 atom stereocenters. The first-order valence-electron chi connectivity index (χ1n) is 9.43. The highest BCUT2D eigenvalue weighted by Gasteiger charge is 2.62. The molecule has 142 valence electrons. The van der Waals surface area contributed by atoms with Crippen molar-refractivity contribution in [3.63, 3.8) is 0 Å². The van der Waals surface area contributed by atoms with Crippen LogP contribution >= 0.6 is 0 Å². The van der Waals surface area contributed by atoms with Crippen molar-refractivity contribution in [3.8, 4) is 0 Å². The predicted octanol–water partition coefficient (Wildman–Crippen LogP) is 1.72. The summed E-state index contributed by atoms with van der Waals surface area (Å²) in [6, 6.07) is 5.79. The maximum atomic E-state index is 12.7. The predicted molar refractivity (Wildman–Crippen MR) is 97.2 cm³/mol. The number of aromatic nitrogens is 1. The van der Waals surface area contributed by atoms with Gasteiger partial charge in [-0.25, -0.2) is 8.42 Å². The Morgan fingerprint density at radius 3 is 2.73 bits per heavy atom. The van der Waals surface area contributed by atoms with Crippen LogP contribution in [0, 0.1) is 18.8 Å². The third-order valence-corrected chi connectivity index (χ3v) is 8.90. The number of hydrogen-bond acceptors (Lipinski definition) is 5. The molecule has 1 saturated carbocycles. The lowest BCUT2D eigenvalue weighted by Crippen LogP contribution is -2.69. The van der Waals surface area contributed by atoms with E-state index in [4.69, 9.17) is 4.74 Å². The van der Waals surface area contributed by atoms with Gasteiger partial charge in [0.25, 0.3) is 0 Å². The number of sulfone groups is 1. The summed E-state index contributed by atoms with van der Waals surface area (Å²) in [5.74, 6) is 0.434. The van der Waals surface area contributed by atoms with Gasteiger partial charge in [-0.15, -0.1) is 0 Å². The highest BCUT2D eigenvalue weighted by Crippen LogP contribution is 2.46. The monoisotopic (exact) mass is 378 g/mol. The van der Waals surface area contributed by atoms with E-state index in [0.29, 0.717) is 32.7 Å². The number of pyridine rings is 1.